The summed E-state index contributed by atoms with van der Waals surface area (Å²) in [6, 6.07) is 13.2. The van der Waals surface area contributed by atoms with Crippen LogP contribution in [0.3, 0.4) is 0 Å². The Labute approximate surface area is 169 Å². The maximum absolute atomic E-state index is 12.5. The van der Waals surface area contributed by atoms with Crippen LogP contribution >= 0.6 is 0 Å². The van der Waals surface area contributed by atoms with Crippen molar-refractivity contribution in [2.45, 2.75) is 25.5 Å². The van der Waals surface area contributed by atoms with Gasteiger partial charge >= 0.3 is 0 Å². The number of pyridine rings is 1. The summed E-state index contributed by atoms with van der Waals surface area (Å²) < 4.78 is 5.57. The van der Waals surface area contributed by atoms with Gasteiger partial charge in [-0.05, 0) is 31.2 Å². The van der Waals surface area contributed by atoms with E-state index in [1.54, 1.807) is 6.20 Å². The van der Waals surface area contributed by atoms with Crippen LogP contribution in [-0.2, 0) is 9.63 Å². The number of para-hydroxylation sites is 2. The fourth-order valence-electron chi connectivity index (χ4n) is 3.52. The minimum Gasteiger partial charge on any atom is -0.492 e. The van der Waals surface area contributed by atoms with Crippen LogP contribution in [0, 0.1) is 0 Å². The molecule has 0 bridgehead atoms. The van der Waals surface area contributed by atoms with Crippen LogP contribution in [0.4, 0.5) is 5.69 Å². The quantitative estimate of drug-likeness (QED) is 0.780. The molecule has 1 spiro atoms. The van der Waals surface area contributed by atoms with E-state index in [0.717, 1.165) is 18.8 Å². The van der Waals surface area contributed by atoms with Gasteiger partial charge in [-0.3, -0.25) is 14.7 Å². The van der Waals surface area contributed by atoms with Crippen molar-refractivity contribution in [1.82, 2.24) is 15.4 Å². The first-order valence-corrected chi connectivity index (χ1v) is 9.87. The summed E-state index contributed by atoms with van der Waals surface area (Å²) in [7, 11) is 0. The third-order valence-corrected chi connectivity index (χ3v) is 5.03. The number of hydrogen-bond donors (Lipinski definition) is 2. The zero-order valence-electron chi connectivity index (χ0n) is 16.4. The first-order chi connectivity index (χ1) is 14.2. The molecule has 2 aromatic rings. The summed E-state index contributed by atoms with van der Waals surface area (Å²) in [6.07, 6.45) is 3.15. The largest absolute Gasteiger partial charge is 0.492 e. The van der Waals surface area contributed by atoms with E-state index in [0.29, 0.717) is 43.3 Å². The number of carbonyl (C=O) groups is 1. The Morgan fingerprint density at radius 2 is 2.03 bits per heavy atom. The molecule has 8 nitrogen and oxygen atoms in total. The molecule has 1 aromatic carbocycles. The third kappa shape index (κ3) is 4.55. The van der Waals surface area contributed by atoms with Gasteiger partial charge in [0.1, 0.15) is 11.4 Å². The molecule has 3 heterocycles. The maximum atomic E-state index is 12.5. The molecule has 1 fully saturated rings. The van der Waals surface area contributed by atoms with Crippen molar-refractivity contribution in [2.24, 2.45) is 4.99 Å². The molecule has 1 aromatic heterocycles. The molecule has 0 unspecified atom stereocenters. The van der Waals surface area contributed by atoms with Crippen LogP contribution in [0.15, 0.2) is 53.7 Å². The third-order valence-electron chi connectivity index (χ3n) is 5.03. The molecule has 0 radical (unpaired) electrons. The van der Waals surface area contributed by atoms with E-state index in [4.69, 9.17) is 14.6 Å². The minimum absolute atomic E-state index is 0.0590. The molecule has 2 N–H and O–H groups in total. The van der Waals surface area contributed by atoms with Crippen LogP contribution in [0.1, 0.15) is 25.5 Å². The second-order valence-electron chi connectivity index (χ2n) is 7.08. The fourth-order valence-corrected chi connectivity index (χ4v) is 3.52. The lowest BCUT2D eigenvalue weighted by atomic mass is 10.0. The average Bonchev–Trinajstić information content (AvgIpc) is 3.16. The van der Waals surface area contributed by atoms with Gasteiger partial charge in [-0.2, -0.15) is 0 Å². The van der Waals surface area contributed by atoms with E-state index in [2.05, 4.69) is 20.7 Å². The smallest absolute Gasteiger partial charge is 0.238 e. The number of likely N-dealkylation sites (tertiary alicyclic amines) is 1. The molecule has 2 aliphatic heterocycles. The van der Waals surface area contributed by atoms with Gasteiger partial charge in [0.2, 0.25) is 5.91 Å². The van der Waals surface area contributed by atoms with Crippen molar-refractivity contribution in [3.05, 3.63) is 54.4 Å². The number of carbonyl (C=O) groups excluding carboxylic acids is 1. The number of anilines is 1. The average molecular weight is 395 g/mol. The number of piperidine rings is 1. The SMILES string of the molecule is CCOc1ccccc1NC(=O)CN1CCC2(CC1)N=C(c1ccccn1)NO2. The van der Waals surface area contributed by atoms with Gasteiger partial charge in [0.05, 0.1) is 18.8 Å². The molecule has 0 aliphatic carbocycles. The van der Waals surface area contributed by atoms with Crippen molar-refractivity contribution in [2.75, 3.05) is 31.6 Å². The number of aromatic nitrogens is 1. The Morgan fingerprint density at radius 1 is 1.24 bits per heavy atom. The summed E-state index contributed by atoms with van der Waals surface area (Å²) in [4.78, 5) is 29.5. The number of rotatable bonds is 6. The van der Waals surface area contributed by atoms with Crippen molar-refractivity contribution in [3.63, 3.8) is 0 Å². The van der Waals surface area contributed by atoms with Crippen LogP contribution in [0.5, 0.6) is 5.75 Å². The number of benzene rings is 1. The number of amides is 1. The van der Waals surface area contributed by atoms with E-state index >= 15 is 0 Å². The van der Waals surface area contributed by atoms with Gasteiger partial charge in [-0.25, -0.2) is 15.3 Å². The zero-order valence-corrected chi connectivity index (χ0v) is 16.4. The zero-order chi connectivity index (χ0) is 20.1. The number of hydrogen-bond acceptors (Lipinski definition) is 7. The van der Waals surface area contributed by atoms with Crippen molar-refractivity contribution >= 4 is 17.4 Å². The molecule has 4 rings (SSSR count). The molecular weight excluding hydrogens is 370 g/mol. The predicted octanol–water partition coefficient (Wildman–Crippen LogP) is 2.19. The lowest BCUT2D eigenvalue weighted by molar-refractivity contribution is -0.120. The number of ether oxygens (including phenoxy) is 1. The summed E-state index contributed by atoms with van der Waals surface area (Å²) in [5.74, 6) is 1.28. The standard InChI is InChI=1S/C21H25N5O3/c1-2-28-18-9-4-3-7-16(18)23-19(27)15-26-13-10-21(11-14-26)24-20(25-29-21)17-8-5-6-12-22-17/h3-9,12H,2,10-11,13-15H2,1H3,(H,23,27)(H,24,25). The maximum Gasteiger partial charge on any atom is 0.238 e. The molecule has 2 aliphatic rings. The predicted molar refractivity (Wildman–Crippen MR) is 110 cm³/mol. The van der Waals surface area contributed by atoms with Gasteiger partial charge in [0.15, 0.2) is 11.6 Å². The lowest BCUT2D eigenvalue weighted by Gasteiger charge is -2.35. The van der Waals surface area contributed by atoms with Gasteiger partial charge in [-0.15, -0.1) is 0 Å². The molecule has 1 saturated heterocycles. The summed E-state index contributed by atoms with van der Waals surface area (Å²) in [5, 5.41) is 2.95. The lowest BCUT2D eigenvalue weighted by Crippen LogP contribution is -2.46. The number of hydroxylamine groups is 1. The second-order valence-corrected chi connectivity index (χ2v) is 7.08. The molecule has 0 atom stereocenters. The summed E-state index contributed by atoms with van der Waals surface area (Å²) >= 11 is 0. The van der Waals surface area contributed by atoms with Gasteiger partial charge in [-0.1, -0.05) is 18.2 Å². The number of nitrogens with one attached hydrogen (secondary N) is 2. The second kappa shape index (κ2) is 8.59. The van der Waals surface area contributed by atoms with Crippen LogP contribution in [0.2, 0.25) is 0 Å². The van der Waals surface area contributed by atoms with Crippen molar-refractivity contribution in [3.8, 4) is 5.75 Å². The van der Waals surface area contributed by atoms with Crippen molar-refractivity contribution in [1.29, 1.82) is 0 Å². The molecule has 152 valence electrons. The molecule has 8 heteroatoms. The van der Waals surface area contributed by atoms with E-state index in [1.165, 1.54) is 0 Å². The Balaban J connectivity index is 1.31. The Bertz CT molecular complexity index is 879. The first-order valence-electron chi connectivity index (χ1n) is 9.87. The number of aliphatic imine (C=N–C) groups is 1. The van der Waals surface area contributed by atoms with E-state index < -0.39 is 5.72 Å². The molecule has 1 amide bonds. The summed E-state index contributed by atoms with van der Waals surface area (Å²) in [6.45, 7) is 4.24. The van der Waals surface area contributed by atoms with Gasteiger partial charge in [0, 0.05) is 32.1 Å². The summed E-state index contributed by atoms with van der Waals surface area (Å²) in [5.41, 5.74) is 3.79. The Kier molecular flexibility index (Phi) is 5.73. The van der Waals surface area contributed by atoms with Crippen molar-refractivity contribution < 1.29 is 14.4 Å². The highest BCUT2D eigenvalue weighted by atomic mass is 16.7. The topological polar surface area (TPSA) is 88.1 Å². The minimum atomic E-state index is -0.582. The molecule has 29 heavy (non-hydrogen) atoms. The van der Waals surface area contributed by atoms with Crippen LogP contribution in [-0.4, -0.2) is 53.6 Å². The van der Waals surface area contributed by atoms with E-state index in [9.17, 15) is 4.79 Å². The highest BCUT2D eigenvalue weighted by molar-refractivity contribution is 5.97. The van der Waals surface area contributed by atoms with Crippen LogP contribution in [0.25, 0.3) is 0 Å². The van der Waals surface area contributed by atoms with E-state index in [1.807, 2.05) is 49.4 Å². The van der Waals surface area contributed by atoms with Crippen LogP contribution < -0.4 is 15.5 Å². The highest BCUT2D eigenvalue weighted by Gasteiger charge is 2.40. The van der Waals surface area contributed by atoms with E-state index in [-0.39, 0.29) is 5.91 Å². The Morgan fingerprint density at radius 3 is 2.79 bits per heavy atom. The highest BCUT2D eigenvalue weighted by Crippen LogP contribution is 2.31. The van der Waals surface area contributed by atoms with Gasteiger partial charge < -0.3 is 10.1 Å². The number of nitrogens with zero attached hydrogens (tertiary/aromatic N) is 3. The number of amidine groups is 1. The Hall–Kier alpha value is -2.97. The monoisotopic (exact) mass is 395 g/mol. The first kappa shape index (κ1) is 19.4. The van der Waals surface area contributed by atoms with Gasteiger partial charge in [0.25, 0.3) is 0 Å². The fraction of sp³-hybridized carbons (Fsp3) is 0.381. The molecule has 0 saturated carbocycles. The normalized spacial score (nSPS) is 18.2. The molecular formula is C21H25N5O3.